The highest BCUT2D eigenvalue weighted by Gasteiger charge is 2.48. The minimum Gasteiger partial charge on any atom is -0.386 e. The summed E-state index contributed by atoms with van der Waals surface area (Å²) in [5.74, 6) is 0. The average molecular weight is 322 g/mol. The second-order valence-electron chi connectivity index (χ2n) is 7.81. The lowest BCUT2D eigenvalue weighted by Crippen LogP contribution is -2.62. The van der Waals surface area contributed by atoms with Crippen LogP contribution in [0.4, 0.5) is 0 Å². The molecular formula is C17H30N4O2. The second-order valence-corrected chi connectivity index (χ2v) is 7.81. The molecule has 2 aliphatic heterocycles. The standard InChI is InChI=1S/C17H30N4O2/c1-16(22)13-23-17(9-15(16)19(2)3)5-7-21(8-6-17)12-14-10-18-20(4)11-14/h10-11,15,22H,5-9,12-13H2,1-4H3/t15-,16-/m0/s1. The van der Waals surface area contributed by atoms with Crippen LogP contribution in [0.25, 0.3) is 0 Å². The zero-order chi connectivity index (χ0) is 16.7. The summed E-state index contributed by atoms with van der Waals surface area (Å²) < 4.78 is 8.04. The summed E-state index contributed by atoms with van der Waals surface area (Å²) >= 11 is 0. The van der Waals surface area contributed by atoms with Crippen LogP contribution in [0.5, 0.6) is 0 Å². The molecular weight excluding hydrogens is 292 g/mol. The van der Waals surface area contributed by atoms with E-state index in [0.717, 1.165) is 38.9 Å². The smallest absolute Gasteiger partial charge is 0.101 e. The van der Waals surface area contributed by atoms with Crippen molar-refractivity contribution in [3.8, 4) is 0 Å². The van der Waals surface area contributed by atoms with Crippen molar-refractivity contribution in [2.45, 2.75) is 50.0 Å². The lowest BCUT2D eigenvalue weighted by molar-refractivity contribution is -0.207. The molecule has 3 heterocycles. The van der Waals surface area contributed by atoms with Crippen LogP contribution in [0.15, 0.2) is 12.4 Å². The van der Waals surface area contributed by atoms with Gasteiger partial charge in [0.1, 0.15) is 5.60 Å². The van der Waals surface area contributed by atoms with E-state index in [2.05, 4.69) is 35.2 Å². The van der Waals surface area contributed by atoms with E-state index in [4.69, 9.17) is 4.74 Å². The Bertz CT molecular complexity index is 532. The number of aromatic nitrogens is 2. The van der Waals surface area contributed by atoms with Gasteiger partial charge in [-0.3, -0.25) is 9.58 Å². The quantitative estimate of drug-likeness (QED) is 0.894. The minimum atomic E-state index is -0.762. The zero-order valence-electron chi connectivity index (χ0n) is 14.8. The number of likely N-dealkylation sites (tertiary alicyclic amines) is 1. The first-order valence-electron chi connectivity index (χ1n) is 8.52. The molecule has 0 unspecified atom stereocenters. The third-order valence-corrected chi connectivity index (χ3v) is 5.51. The van der Waals surface area contributed by atoms with E-state index in [0.29, 0.717) is 6.61 Å². The molecule has 0 amide bonds. The second kappa shape index (κ2) is 6.16. The Morgan fingerprint density at radius 3 is 2.65 bits per heavy atom. The first kappa shape index (κ1) is 16.9. The van der Waals surface area contributed by atoms with E-state index in [1.54, 1.807) is 0 Å². The number of ether oxygens (including phenoxy) is 1. The molecule has 0 aromatic carbocycles. The zero-order valence-corrected chi connectivity index (χ0v) is 14.8. The Balaban J connectivity index is 1.59. The number of hydrogen-bond acceptors (Lipinski definition) is 5. The van der Waals surface area contributed by atoms with Crippen molar-refractivity contribution in [1.82, 2.24) is 19.6 Å². The van der Waals surface area contributed by atoms with Crippen molar-refractivity contribution in [3.05, 3.63) is 18.0 Å². The fraction of sp³-hybridized carbons (Fsp3) is 0.824. The third-order valence-electron chi connectivity index (χ3n) is 5.51. The van der Waals surface area contributed by atoms with E-state index < -0.39 is 5.60 Å². The molecule has 1 N–H and O–H groups in total. The summed E-state index contributed by atoms with van der Waals surface area (Å²) in [5, 5.41) is 14.8. The van der Waals surface area contributed by atoms with Gasteiger partial charge in [0.15, 0.2) is 0 Å². The molecule has 130 valence electrons. The molecule has 0 aliphatic carbocycles. The number of likely N-dealkylation sites (N-methyl/N-ethyl adjacent to an activating group) is 1. The van der Waals surface area contributed by atoms with Crippen molar-refractivity contribution < 1.29 is 9.84 Å². The van der Waals surface area contributed by atoms with Gasteiger partial charge in [0, 0.05) is 44.5 Å². The van der Waals surface area contributed by atoms with Crippen LogP contribution in [-0.4, -0.2) is 75.7 Å². The van der Waals surface area contributed by atoms with Crippen LogP contribution in [0.1, 0.15) is 31.7 Å². The molecule has 6 heteroatoms. The van der Waals surface area contributed by atoms with Gasteiger partial charge in [0.2, 0.25) is 0 Å². The molecule has 3 rings (SSSR count). The van der Waals surface area contributed by atoms with E-state index in [9.17, 15) is 5.11 Å². The largest absolute Gasteiger partial charge is 0.386 e. The lowest BCUT2D eigenvalue weighted by atomic mass is 9.77. The van der Waals surface area contributed by atoms with Crippen molar-refractivity contribution in [1.29, 1.82) is 0 Å². The number of hydrogen-bond donors (Lipinski definition) is 1. The maximum atomic E-state index is 10.6. The topological polar surface area (TPSA) is 53.8 Å². The highest BCUT2D eigenvalue weighted by molar-refractivity contribution is 5.05. The molecule has 0 bridgehead atoms. The summed E-state index contributed by atoms with van der Waals surface area (Å²) in [4.78, 5) is 4.62. The first-order valence-corrected chi connectivity index (χ1v) is 8.52. The molecule has 2 fully saturated rings. The third kappa shape index (κ3) is 3.60. The molecule has 1 spiro atoms. The predicted octanol–water partition coefficient (Wildman–Crippen LogP) is 0.856. The lowest BCUT2D eigenvalue weighted by Gasteiger charge is -2.52. The average Bonchev–Trinajstić information content (AvgIpc) is 2.89. The number of aryl methyl sites for hydroxylation is 1. The van der Waals surface area contributed by atoms with Gasteiger partial charge < -0.3 is 14.7 Å². The summed E-state index contributed by atoms with van der Waals surface area (Å²) in [6.45, 7) is 5.35. The van der Waals surface area contributed by atoms with E-state index in [1.807, 2.05) is 24.9 Å². The Morgan fingerprint density at radius 1 is 1.39 bits per heavy atom. The summed E-state index contributed by atoms with van der Waals surface area (Å²) in [6, 6.07) is 0.154. The van der Waals surface area contributed by atoms with Crippen LogP contribution in [-0.2, 0) is 18.3 Å². The van der Waals surface area contributed by atoms with Gasteiger partial charge in [-0.05, 0) is 40.3 Å². The van der Waals surface area contributed by atoms with Crippen LogP contribution in [0, 0.1) is 0 Å². The highest BCUT2D eigenvalue weighted by atomic mass is 16.5. The van der Waals surface area contributed by atoms with Gasteiger partial charge in [-0.25, -0.2) is 0 Å². The Kier molecular flexibility index (Phi) is 4.53. The van der Waals surface area contributed by atoms with Crippen LogP contribution in [0.3, 0.4) is 0 Å². The van der Waals surface area contributed by atoms with Crippen molar-refractivity contribution in [2.75, 3.05) is 33.8 Å². The summed E-state index contributed by atoms with van der Waals surface area (Å²) in [7, 11) is 6.06. The first-order chi connectivity index (χ1) is 10.8. The van der Waals surface area contributed by atoms with Gasteiger partial charge in [-0.2, -0.15) is 5.10 Å². The molecule has 23 heavy (non-hydrogen) atoms. The highest BCUT2D eigenvalue weighted by Crippen LogP contribution is 2.39. The number of rotatable bonds is 3. The molecule has 0 radical (unpaired) electrons. The van der Waals surface area contributed by atoms with Crippen LogP contribution in [0.2, 0.25) is 0 Å². The van der Waals surface area contributed by atoms with Gasteiger partial charge in [-0.15, -0.1) is 0 Å². The van der Waals surface area contributed by atoms with E-state index in [1.165, 1.54) is 5.56 Å². The molecule has 6 nitrogen and oxygen atoms in total. The number of nitrogens with zero attached hydrogens (tertiary/aromatic N) is 4. The molecule has 2 aliphatic rings. The Morgan fingerprint density at radius 2 is 2.09 bits per heavy atom. The van der Waals surface area contributed by atoms with E-state index in [-0.39, 0.29) is 11.6 Å². The number of piperidine rings is 1. The molecule has 2 saturated heterocycles. The van der Waals surface area contributed by atoms with E-state index >= 15 is 0 Å². The fourth-order valence-electron chi connectivity index (χ4n) is 4.04. The van der Waals surface area contributed by atoms with Crippen molar-refractivity contribution in [3.63, 3.8) is 0 Å². The Labute approximate surface area is 139 Å². The molecule has 0 saturated carbocycles. The predicted molar refractivity (Wildman–Crippen MR) is 89.1 cm³/mol. The normalized spacial score (nSPS) is 31.8. The molecule has 2 atom stereocenters. The van der Waals surface area contributed by atoms with Crippen molar-refractivity contribution >= 4 is 0 Å². The van der Waals surface area contributed by atoms with Crippen molar-refractivity contribution in [2.24, 2.45) is 7.05 Å². The van der Waals surface area contributed by atoms with Crippen LogP contribution >= 0.6 is 0 Å². The maximum Gasteiger partial charge on any atom is 0.101 e. The summed E-state index contributed by atoms with van der Waals surface area (Å²) in [6.07, 6.45) is 7.01. The van der Waals surface area contributed by atoms with Gasteiger partial charge >= 0.3 is 0 Å². The summed E-state index contributed by atoms with van der Waals surface area (Å²) in [5.41, 5.74) is 0.437. The minimum absolute atomic E-state index is 0.0669. The SMILES string of the molecule is CN(C)[C@H]1CC2(CCN(Cc3cnn(C)c3)CC2)OC[C@]1(C)O. The van der Waals surface area contributed by atoms with Gasteiger partial charge in [0.05, 0.1) is 18.4 Å². The number of aliphatic hydroxyl groups is 1. The Hall–Kier alpha value is -0.950. The van der Waals surface area contributed by atoms with Gasteiger partial charge in [-0.1, -0.05) is 0 Å². The maximum absolute atomic E-state index is 10.6. The van der Waals surface area contributed by atoms with Crippen LogP contribution < -0.4 is 0 Å². The molecule has 1 aromatic rings. The fourth-order valence-corrected chi connectivity index (χ4v) is 4.04. The monoisotopic (exact) mass is 322 g/mol. The molecule has 1 aromatic heterocycles. The van der Waals surface area contributed by atoms with Gasteiger partial charge in [0.25, 0.3) is 0 Å².